The molecule has 0 aromatic carbocycles. The summed E-state index contributed by atoms with van der Waals surface area (Å²) < 4.78 is 36.2. The van der Waals surface area contributed by atoms with E-state index in [-0.39, 0.29) is 12.1 Å². The zero-order valence-corrected chi connectivity index (χ0v) is 9.96. The maximum atomic E-state index is 12.1. The normalized spacial score (nSPS) is 26.1. The van der Waals surface area contributed by atoms with Gasteiger partial charge in [0.05, 0.1) is 6.42 Å². The number of halogens is 3. The maximum absolute atomic E-state index is 12.1. The minimum absolute atomic E-state index is 0.00182. The number of rotatable bonds is 3. The molecule has 0 spiro atoms. The Bertz CT molecular complexity index is 268. The zero-order chi connectivity index (χ0) is 13.1. The van der Waals surface area contributed by atoms with Crippen molar-refractivity contribution >= 4 is 5.91 Å². The van der Waals surface area contributed by atoms with Gasteiger partial charge >= 0.3 is 6.18 Å². The second kappa shape index (κ2) is 5.71. The summed E-state index contributed by atoms with van der Waals surface area (Å²) >= 11 is 0. The highest BCUT2D eigenvalue weighted by atomic mass is 19.4. The number of carbonyl (C=O) groups excluding carboxylic acids is 1. The molecule has 2 unspecified atom stereocenters. The van der Waals surface area contributed by atoms with Gasteiger partial charge in [-0.05, 0) is 26.2 Å². The summed E-state index contributed by atoms with van der Waals surface area (Å²) in [5, 5.41) is 0. The quantitative estimate of drug-likeness (QED) is 0.835. The number of likely N-dealkylation sites (tertiary alicyclic amines) is 1. The molecule has 17 heavy (non-hydrogen) atoms. The Balaban J connectivity index is 2.58. The van der Waals surface area contributed by atoms with Gasteiger partial charge in [-0.15, -0.1) is 0 Å². The first kappa shape index (κ1) is 14.3. The van der Waals surface area contributed by atoms with Crippen molar-refractivity contribution in [2.75, 3.05) is 6.54 Å². The Labute approximate surface area is 99.1 Å². The van der Waals surface area contributed by atoms with Crippen LogP contribution in [0.5, 0.6) is 0 Å². The lowest BCUT2D eigenvalue weighted by atomic mass is 9.96. The van der Waals surface area contributed by atoms with Gasteiger partial charge in [-0.25, -0.2) is 0 Å². The maximum Gasteiger partial charge on any atom is 0.389 e. The third-order valence-corrected chi connectivity index (χ3v) is 3.21. The number of hydrogen-bond acceptors (Lipinski definition) is 2. The molecule has 0 radical (unpaired) electrons. The van der Waals surface area contributed by atoms with E-state index in [0.717, 1.165) is 19.3 Å². The highest BCUT2D eigenvalue weighted by molar-refractivity contribution is 5.77. The fourth-order valence-electron chi connectivity index (χ4n) is 2.35. The fraction of sp³-hybridized carbons (Fsp3) is 0.909. The van der Waals surface area contributed by atoms with Crippen molar-refractivity contribution in [2.45, 2.75) is 57.3 Å². The molecule has 2 N–H and O–H groups in total. The monoisotopic (exact) mass is 252 g/mol. The van der Waals surface area contributed by atoms with Crippen LogP contribution in [0.4, 0.5) is 13.2 Å². The van der Waals surface area contributed by atoms with Gasteiger partial charge in [-0.2, -0.15) is 13.2 Å². The van der Waals surface area contributed by atoms with Crippen LogP contribution in [0, 0.1) is 0 Å². The van der Waals surface area contributed by atoms with Gasteiger partial charge in [0.25, 0.3) is 0 Å². The minimum atomic E-state index is -4.27. The molecule has 3 nitrogen and oxygen atoms in total. The smallest absolute Gasteiger partial charge is 0.336 e. The van der Waals surface area contributed by atoms with Crippen LogP contribution in [-0.2, 0) is 4.79 Å². The molecule has 1 heterocycles. The Hall–Kier alpha value is -0.780. The lowest BCUT2D eigenvalue weighted by molar-refractivity contribution is -0.152. The van der Waals surface area contributed by atoms with E-state index in [1.165, 1.54) is 0 Å². The van der Waals surface area contributed by atoms with Gasteiger partial charge in [0.1, 0.15) is 0 Å². The predicted molar refractivity (Wildman–Crippen MR) is 58.3 cm³/mol. The van der Waals surface area contributed by atoms with Gasteiger partial charge in [0, 0.05) is 25.0 Å². The SMILES string of the molecule is CC1CCCC(CN)N1C(=O)CCC(F)(F)F. The molecule has 0 saturated carbocycles. The summed E-state index contributed by atoms with van der Waals surface area (Å²) in [5.74, 6) is -0.426. The van der Waals surface area contributed by atoms with Gasteiger partial charge in [0.15, 0.2) is 0 Å². The number of nitrogens with two attached hydrogens (primary N) is 1. The predicted octanol–water partition coefficient (Wildman–Crippen LogP) is 2.06. The molecule has 2 atom stereocenters. The highest BCUT2D eigenvalue weighted by Gasteiger charge is 2.34. The minimum Gasteiger partial charge on any atom is -0.336 e. The molecule has 0 aromatic rings. The van der Waals surface area contributed by atoms with E-state index in [4.69, 9.17) is 5.73 Å². The lowest BCUT2D eigenvalue weighted by Gasteiger charge is -2.40. The van der Waals surface area contributed by atoms with E-state index in [1.54, 1.807) is 4.90 Å². The standard InChI is InChI=1S/C11H19F3N2O/c1-8-3-2-4-9(7-15)16(8)10(17)5-6-11(12,13)14/h8-9H,2-7,15H2,1H3. The first-order chi connectivity index (χ1) is 7.85. The van der Waals surface area contributed by atoms with Crippen LogP contribution in [0.2, 0.25) is 0 Å². The number of amides is 1. The highest BCUT2D eigenvalue weighted by Crippen LogP contribution is 2.26. The fourth-order valence-corrected chi connectivity index (χ4v) is 2.35. The topological polar surface area (TPSA) is 46.3 Å². The summed E-state index contributed by atoms with van der Waals surface area (Å²) in [6.45, 7) is 2.19. The third-order valence-electron chi connectivity index (χ3n) is 3.21. The number of alkyl halides is 3. The molecular formula is C11H19F3N2O. The number of carbonyl (C=O) groups is 1. The summed E-state index contributed by atoms with van der Waals surface area (Å²) in [6.07, 6.45) is -3.18. The second-order valence-corrected chi connectivity index (χ2v) is 4.59. The molecular weight excluding hydrogens is 233 g/mol. The van der Waals surface area contributed by atoms with Crippen molar-refractivity contribution in [1.29, 1.82) is 0 Å². The van der Waals surface area contributed by atoms with E-state index in [0.29, 0.717) is 6.54 Å². The van der Waals surface area contributed by atoms with Crippen LogP contribution in [0.3, 0.4) is 0 Å². The molecule has 1 saturated heterocycles. The van der Waals surface area contributed by atoms with Crippen molar-refractivity contribution < 1.29 is 18.0 Å². The van der Waals surface area contributed by atoms with E-state index < -0.39 is 24.9 Å². The molecule has 0 aromatic heterocycles. The molecule has 6 heteroatoms. The van der Waals surface area contributed by atoms with Gasteiger partial charge in [-0.1, -0.05) is 0 Å². The molecule has 0 aliphatic carbocycles. The van der Waals surface area contributed by atoms with Crippen LogP contribution in [-0.4, -0.2) is 35.6 Å². The summed E-state index contributed by atoms with van der Waals surface area (Å²) in [4.78, 5) is 13.3. The lowest BCUT2D eigenvalue weighted by Crippen LogP contribution is -2.51. The first-order valence-electron chi connectivity index (χ1n) is 5.93. The number of hydrogen-bond donors (Lipinski definition) is 1. The van der Waals surface area contributed by atoms with Crippen LogP contribution in [0.1, 0.15) is 39.0 Å². The third kappa shape index (κ3) is 4.18. The van der Waals surface area contributed by atoms with Gasteiger partial charge in [-0.3, -0.25) is 4.79 Å². The van der Waals surface area contributed by atoms with Crippen LogP contribution < -0.4 is 5.73 Å². The molecule has 1 rings (SSSR count). The molecule has 0 bridgehead atoms. The largest absolute Gasteiger partial charge is 0.389 e. The number of nitrogens with zero attached hydrogens (tertiary/aromatic N) is 1. The molecule has 1 fully saturated rings. The van der Waals surface area contributed by atoms with E-state index in [9.17, 15) is 18.0 Å². The average molecular weight is 252 g/mol. The number of piperidine rings is 1. The Morgan fingerprint density at radius 1 is 1.41 bits per heavy atom. The molecule has 100 valence electrons. The average Bonchev–Trinajstić information content (AvgIpc) is 2.24. The summed E-state index contributed by atoms with van der Waals surface area (Å²) in [5.41, 5.74) is 5.56. The second-order valence-electron chi connectivity index (χ2n) is 4.59. The Morgan fingerprint density at radius 2 is 2.06 bits per heavy atom. The van der Waals surface area contributed by atoms with E-state index >= 15 is 0 Å². The van der Waals surface area contributed by atoms with Crippen LogP contribution in [0.25, 0.3) is 0 Å². The Kier molecular flexibility index (Phi) is 4.80. The van der Waals surface area contributed by atoms with Crippen LogP contribution in [0.15, 0.2) is 0 Å². The van der Waals surface area contributed by atoms with Crippen LogP contribution >= 0.6 is 0 Å². The molecule has 1 aliphatic rings. The van der Waals surface area contributed by atoms with Crippen molar-refractivity contribution in [3.63, 3.8) is 0 Å². The Morgan fingerprint density at radius 3 is 2.59 bits per heavy atom. The van der Waals surface area contributed by atoms with Crippen molar-refractivity contribution in [3.05, 3.63) is 0 Å². The molecule has 1 aliphatic heterocycles. The summed E-state index contributed by atoms with van der Waals surface area (Å²) in [7, 11) is 0. The zero-order valence-electron chi connectivity index (χ0n) is 9.96. The van der Waals surface area contributed by atoms with Gasteiger partial charge in [0.2, 0.25) is 5.91 Å². The van der Waals surface area contributed by atoms with Crippen molar-refractivity contribution in [3.8, 4) is 0 Å². The molecule has 1 amide bonds. The van der Waals surface area contributed by atoms with Crippen molar-refractivity contribution in [2.24, 2.45) is 5.73 Å². The van der Waals surface area contributed by atoms with Crippen molar-refractivity contribution in [1.82, 2.24) is 4.90 Å². The van der Waals surface area contributed by atoms with E-state index in [2.05, 4.69) is 0 Å². The summed E-state index contributed by atoms with van der Waals surface area (Å²) in [6, 6.07) is -0.0995. The van der Waals surface area contributed by atoms with Gasteiger partial charge < -0.3 is 10.6 Å². The first-order valence-corrected chi connectivity index (χ1v) is 5.93. The van der Waals surface area contributed by atoms with E-state index in [1.807, 2.05) is 6.92 Å².